The van der Waals surface area contributed by atoms with Gasteiger partial charge in [-0.3, -0.25) is 0 Å². The van der Waals surface area contributed by atoms with E-state index in [0.717, 1.165) is 10.1 Å². The largest absolute Gasteiger partial charge is 0.312 e. The molecule has 5 heteroatoms. The molecule has 0 saturated carbocycles. The molecule has 0 aliphatic rings. The fourth-order valence-corrected chi connectivity index (χ4v) is 4.02. The van der Waals surface area contributed by atoms with Crippen LogP contribution in [0.2, 0.25) is 0 Å². The predicted octanol–water partition coefficient (Wildman–Crippen LogP) is 3.52. The molecule has 0 bridgehead atoms. The minimum absolute atomic E-state index is 0.342. The lowest BCUT2D eigenvalue weighted by molar-refractivity contribution is 0.653. The van der Waals surface area contributed by atoms with Crippen LogP contribution in [-0.4, -0.2) is 22.2 Å². The predicted molar refractivity (Wildman–Crippen MR) is 83.1 cm³/mol. The van der Waals surface area contributed by atoms with Crippen LogP contribution in [0, 0.1) is 20.8 Å². The molecule has 1 atom stereocenters. The second-order valence-corrected chi connectivity index (χ2v) is 6.72. The van der Waals surface area contributed by atoms with E-state index in [9.17, 15) is 0 Å². The molecule has 2 rings (SSSR count). The third-order valence-corrected chi connectivity index (χ3v) is 5.04. The number of benzene rings is 1. The molecular weight excluding hydrogens is 274 g/mol. The number of thioether (sulfide) groups is 1. The molecule has 2 aromatic rings. The Kier molecular flexibility index (Phi) is 4.96. The minimum atomic E-state index is 0.342. The SMILES string of the molecule is CNC(CSc1ncns1)c1c(C)cc(C)cc1C. The maximum Gasteiger partial charge on any atom is 0.169 e. The number of hydrogen-bond donors (Lipinski definition) is 1. The zero-order valence-electron chi connectivity index (χ0n) is 11.7. The fourth-order valence-electron chi connectivity index (χ4n) is 2.43. The highest BCUT2D eigenvalue weighted by atomic mass is 32.2. The maximum absolute atomic E-state index is 4.22. The van der Waals surface area contributed by atoms with Gasteiger partial charge in [0, 0.05) is 11.8 Å². The van der Waals surface area contributed by atoms with Gasteiger partial charge in [-0.2, -0.15) is 4.37 Å². The van der Waals surface area contributed by atoms with Gasteiger partial charge in [0.25, 0.3) is 0 Å². The highest BCUT2D eigenvalue weighted by Crippen LogP contribution is 2.29. The van der Waals surface area contributed by atoms with Crippen molar-refractivity contribution >= 4 is 23.3 Å². The number of nitrogens with one attached hydrogen (secondary N) is 1. The highest BCUT2D eigenvalue weighted by Gasteiger charge is 2.15. The Morgan fingerprint density at radius 2 is 1.95 bits per heavy atom. The van der Waals surface area contributed by atoms with Crippen LogP contribution in [0.5, 0.6) is 0 Å². The zero-order valence-corrected chi connectivity index (χ0v) is 13.4. The number of aryl methyl sites for hydroxylation is 3. The summed E-state index contributed by atoms with van der Waals surface area (Å²) in [5.41, 5.74) is 5.44. The summed E-state index contributed by atoms with van der Waals surface area (Å²) in [7, 11) is 2.02. The van der Waals surface area contributed by atoms with Gasteiger partial charge in [0.1, 0.15) is 6.33 Å². The number of nitrogens with zero attached hydrogens (tertiary/aromatic N) is 2. The van der Waals surface area contributed by atoms with Gasteiger partial charge >= 0.3 is 0 Å². The Bertz CT molecular complexity index is 515. The Labute approximate surface area is 123 Å². The van der Waals surface area contributed by atoms with E-state index >= 15 is 0 Å². The van der Waals surface area contributed by atoms with Crippen LogP contribution in [0.3, 0.4) is 0 Å². The van der Waals surface area contributed by atoms with E-state index in [-0.39, 0.29) is 0 Å². The van der Waals surface area contributed by atoms with Crippen LogP contribution in [-0.2, 0) is 0 Å². The van der Waals surface area contributed by atoms with Gasteiger partial charge in [0.15, 0.2) is 4.34 Å². The second-order valence-electron chi connectivity index (χ2n) is 4.67. The average Bonchev–Trinajstić information content (AvgIpc) is 2.85. The van der Waals surface area contributed by atoms with Crippen LogP contribution in [0.15, 0.2) is 22.8 Å². The molecule has 102 valence electrons. The quantitative estimate of drug-likeness (QED) is 0.856. The van der Waals surface area contributed by atoms with Crippen LogP contribution in [0.4, 0.5) is 0 Å². The summed E-state index contributed by atoms with van der Waals surface area (Å²) in [4.78, 5) is 4.22. The molecule has 1 N–H and O–H groups in total. The van der Waals surface area contributed by atoms with Crippen molar-refractivity contribution in [2.45, 2.75) is 31.2 Å². The molecule has 0 radical (unpaired) electrons. The summed E-state index contributed by atoms with van der Waals surface area (Å²) in [5.74, 6) is 0.969. The van der Waals surface area contributed by atoms with E-state index in [0.29, 0.717) is 6.04 Å². The topological polar surface area (TPSA) is 37.8 Å². The van der Waals surface area contributed by atoms with E-state index in [1.165, 1.54) is 33.8 Å². The van der Waals surface area contributed by atoms with Crippen molar-refractivity contribution in [2.24, 2.45) is 0 Å². The first-order valence-electron chi connectivity index (χ1n) is 6.26. The van der Waals surface area contributed by atoms with E-state index in [2.05, 4.69) is 47.6 Å². The molecule has 1 unspecified atom stereocenters. The lowest BCUT2D eigenvalue weighted by atomic mass is 9.95. The number of aromatic nitrogens is 2. The van der Waals surface area contributed by atoms with Crippen molar-refractivity contribution in [3.63, 3.8) is 0 Å². The molecule has 0 saturated heterocycles. The zero-order chi connectivity index (χ0) is 13.8. The molecule has 0 aliphatic heterocycles. The first-order chi connectivity index (χ1) is 9.11. The Balaban J connectivity index is 2.17. The van der Waals surface area contributed by atoms with Crippen molar-refractivity contribution in [2.75, 3.05) is 12.8 Å². The fraction of sp³-hybridized carbons (Fsp3) is 0.429. The van der Waals surface area contributed by atoms with Crippen LogP contribution >= 0.6 is 23.3 Å². The lowest BCUT2D eigenvalue weighted by Gasteiger charge is -2.21. The van der Waals surface area contributed by atoms with E-state index in [1.807, 2.05) is 7.05 Å². The van der Waals surface area contributed by atoms with Crippen molar-refractivity contribution < 1.29 is 0 Å². The monoisotopic (exact) mass is 293 g/mol. The maximum atomic E-state index is 4.22. The first-order valence-corrected chi connectivity index (χ1v) is 8.02. The normalized spacial score (nSPS) is 12.6. The van der Waals surface area contributed by atoms with Crippen molar-refractivity contribution in [3.05, 3.63) is 40.7 Å². The Morgan fingerprint density at radius 3 is 2.47 bits per heavy atom. The minimum Gasteiger partial charge on any atom is -0.312 e. The third kappa shape index (κ3) is 3.55. The van der Waals surface area contributed by atoms with Crippen LogP contribution < -0.4 is 5.32 Å². The summed E-state index contributed by atoms with van der Waals surface area (Å²) >= 11 is 3.21. The molecule has 1 heterocycles. The summed E-state index contributed by atoms with van der Waals surface area (Å²) < 4.78 is 5.06. The molecule has 1 aromatic heterocycles. The number of rotatable bonds is 5. The van der Waals surface area contributed by atoms with E-state index in [1.54, 1.807) is 18.1 Å². The standard InChI is InChI=1S/C14H19N3S2/c1-9-5-10(2)13(11(3)6-9)12(15-4)7-18-14-16-8-17-19-14/h5-6,8,12,15H,7H2,1-4H3. The highest BCUT2D eigenvalue weighted by molar-refractivity contribution is 8.00. The van der Waals surface area contributed by atoms with Gasteiger partial charge in [0.05, 0.1) is 0 Å². The Hall–Kier alpha value is -0.910. The Morgan fingerprint density at radius 1 is 1.26 bits per heavy atom. The first kappa shape index (κ1) is 14.5. The molecule has 1 aromatic carbocycles. The van der Waals surface area contributed by atoms with Crippen LogP contribution in [0.1, 0.15) is 28.3 Å². The van der Waals surface area contributed by atoms with Crippen molar-refractivity contribution in [1.29, 1.82) is 0 Å². The molecular formula is C14H19N3S2. The third-order valence-electron chi connectivity index (χ3n) is 3.15. The van der Waals surface area contributed by atoms with Crippen molar-refractivity contribution in [1.82, 2.24) is 14.7 Å². The van der Waals surface area contributed by atoms with E-state index < -0.39 is 0 Å². The summed E-state index contributed by atoms with van der Waals surface area (Å²) in [6.07, 6.45) is 1.61. The average molecular weight is 293 g/mol. The molecule has 19 heavy (non-hydrogen) atoms. The van der Waals surface area contributed by atoms with Gasteiger partial charge in [-0.05, 0) is 56.0 Å². The molecule has 0 amide bonds. The summed E-state index contributed by atoms with van der Waals surface area (Å²) in [6, 6.07) is 4.85. The van der Waals surface area contributed by atoms with Crippen molar-refractivity contribution in [3.8, 4) is 0 Å². The molecule has 0 fully saturated rings. The molecule has 0 aliphatic carbocycles. The van der Waals surface area contributed by atoms with Gasteiger partial charge in [-0.25, -0.2) is 4.98 Å². The van der Waals surface area contributed by atoms with Gasteiger partial charge in [-0.1, -0.05) is 29.5 Å². The van der Waals surface area contributed by atoms with E-state index in [4.69, 9.17) is 0 Å². The molecule has 0 spiro atoms. The lowest BCUT2D eigenvalue weighted by Crippen LogP contribution is -2.21. The summed E-state index contributed by atoms with van der Waals surface area (Å²) in [5, 5.41) is 3.42. The number of hydrogen-bond acceptors (Lipinski definition) is 5. The van der Waals surface area contributed by atoms with Gasteiger partial charge < -0.3 is 5.32 Å². The molecule has 3 nitrogen and oxygen atoms in total. The summed E-state index contributed by atoms with van der Waals surface area (Å²) in [6.45, 7) is 6.53. The second kappa shape index (κ2) is 6.50. The van der Waals surface area contributed by atoms with Gasteiger partial charge in [-0.15, -0.1) is 0 Å². The van der Waals surface area contributed by atoms with Gasteiger partial charge in [0.2, 0.25) is 0 Å². The smallest absolute Gasteiger partial charge is 0.169 e. The van der Waals surface area contributed by atoms with Crippen LogP contribution in [0.25, 0.3) is 0 Å².